The molecule has 1 aromatic heterocycles. The number of urea groups is 1. The summed E-state index contributed by atoms with van der Waals surface area (Å²) in [6, 6.07) is -1.33. The molecule has 6 N–H and O–H groups in total. The molecule has 18 heteroatoms. The summed E-state index contributed by atoms with van der Waals surface area (Å²) < 4.78 is 6.55. The van der Waals surface area contributed by atoms with Gasteiger partial charge in [-0.05, 0) is 63.5 Å². The summed E-state index contributed by atoms with van der Waals surface area (Å²) in [5.41, 5.74) is 0.759. The molecule has 15 nitrogen and oxygen atoms in total. The van der Waals surface area contributed by atoms with Crippen molar-refractivity contribution in [3.63, 3.8) is 0 Å². The van der Waals surface area contributed by atoms with E-state index >= 15 is 0 Å². The standard InChI is InChI=1S/C28H46N4O11SSi2/c1-45(2,14-6-7-21(25(36)37)26(38)39)43-46(3,4)18-44-17-23-30-15-19(16-31-23)9-10-20(33)11-12-22(27(40)41)32-28(42)29-13-5-8-24(34)35/h15-16,21-22H,5-14,17-18H2,1-4H3,(H,34,35)(H,36,37)(H,38,39)(H,40,41)(H2,29,32,42)/t22-/m0/s1. The molecule has 0 aliphatic rings. The molecule has 0 spiro atoms. The molecule has 0 fully saturated rings. The van der Waals surface area contributed by atoms with Crippen LogP contribution in [0.5, 0.6) is 0 Å². The number of aryl methyl sites for hydroxylation is 1. The number of nitrogens with one attached hydrogen (secondary N) is 2. The molecule has 0 radical (unpaired) electrons. The van der Waals surface area contributed by atoms with E-state index in [0.717, 1.165) is 10.9 Å². The van der Waals surface area contributed by atoms with Gasteiger partial charge in [0.05, 0.1) is 5.75 Å². The van der Waals surface area contributed by atoms with E-state index < -0.39 is 58.5 Å². The summed E-state index contributed by atoms with van der Waals surface area (Å²) in [6.45, 7) is 8.42. The lowest BCUT2D eigenvalue weighted by atomic mass is 10.0. The van der Waals surface area contributed by atoms with Gasteiger partial charge in [-0.3, -0.25) is 19.2 Å². The second kappa shape index (κ2) is 20.0. The molecule has 0 aliphatic heterocycles. The van der Waals surface area contributed by atoms with Gasteiger partial charge in [0.2, 0.25) is 0 Å². The Morgan fingerprint density at radius 2 is 1.48 bits per heavy atom. The fraction of sp³-hybridized carbons (Fsp3) is 0.643. The van der Waals surface area contributed by atoms with Crippen molar-refractivity contribution in [2.24, 2.45) is 5.92 Å². The van der Waals surface area contributed by atoms with E-state index in [4.69, 9.17) is 19.4 Å². The molecule has 0 aliphatic carbocycles. The van der Waals surface area contributed by atoms with Crippen LogP contribution in [0.4, 0.5) is 4.79 Å². The minimum absolute atomic E-state index is 0.0432. The molecule has 0 saturated carbocycles. The number of carboxylic acid groups (broad SMARTS) is 4. The number of amides is 2. The van der Waals surface area contributed by atoms with Crippen LogP contribution in [0.3, 0.4) is 0 Å². The largest absolute Gasteiger partial charge is 0.481 e. The zero-order chi connectivity index (χ0) is 34.9. The van der Waals surface area contributed by atoms with Crippen molar-refractivity contribution >= 4 is 64.1 Å². The third kappa shape index (κ3) is 18.0. The SMILES string of the molecule is C[Si](C)(CCCC(C(=O)O)C(=O)O)O[Si](C)(C)CSCc1ncc(CCC(=O)CC[C@H](NC(=O)NCCCC(=O)O)C(=O)O)cn1. The maximum absolute atomic E-state index is 12.4. The Balaban J connectivity index is 2.42. The third-order valence-corrected chi connectivity index (χ3v) is 16.8. The van der Waals surface area contributed by atoms with Crippen molar-refractivity contribution < 1.29 is 53.3 Å². The third-order valence-electron chi connectivity index (χ3n) is 6.72. The van der Waals surface area contributed by atoms with Crippen molar-refractivity contribution in [1.82, 2.24) is 20.6 Å². The van der Waals surface area contributed by atoms with Gasteiger partial charge in [0.15, 0.2) is 22.6 Å². The zero-order valence-corrected chi connectivity index (χ0v) is 29.6. The van der Waals surface area contributed by atoms with Gasteiger partial charge in [-0.1, -0.05) is 6.42 Å². The fourth-order valence-electron chi connectivity index (χ4n) is 4.51. The van der Waals surface area contributed by atoms with Crippen LogP contribution in [-0.2, 0) is 40.3 Å². The predicted octanol–water partition coefficient (Wildman–Crippen LogP) is 3.14. The maximum atomic E-state index is 12.4. The summed E-state index contributed by atoms with van der Waals surface area (Å²) in [4.78, 5) is 77.2. The van der Waals surface area contributed by atoms with Crippen LogP contribution < -0.4 is 10.6 Å². The molecular weight excluding hydrogens is 657 g/mol. The van der Waals surface area contributed by atoms with E-state index in [0.29, 0.717) is 30.5 Å². The van der Waals surface area contributed by atoms with E-state index in [-0.39, 0.29) is 50.9 Å². The number of carbonyl (C=O) groups excluding carboxylic acids is 2. The Morgan fingerprint density at radius 1 is 0.848 bits per heavy atom. The van der Waals surface area contributed by atoms with Crippen LogP contribution in [-0.4, -0.2) is 101 Å². The molecule has 258 valence electrons. The monoisotopic (exact) mass is 702 g/mol. The first kappa shape index (κ1) is 40.7. The number of ketones is 1. The fourth-order valence-corrected chi connectivity index (χ4v) is 15.4. The average molecular weight is 703 g/mol. The lowest BCUT2D eigenvalue weighted by Crippen LogP contribution is -2.46. The first-order valence-corrected chi connectivity index (χ1v) is 22.3. The van der Waals surface area contributed by atoms with Crippen LogP contribution >= 0.6 is 11.8 Å². The molecule has 1 atom stereocenters. The number of hydrogen-bond donors (Lipinski definition) is 6. The number of rotatable bonds is 24. The van der Waals surface area contributed by atoms with Crippen molar-refractivity contribution in [1.29, 1.82) is 0 Å². The molecular formula is C28H46N4O11SSi2. The van der Waals surface area contributed by atoms with E-state index in [9.17, 15) is 33.9 Å². The Hall–Kier alpha value is -3.36. The van der Waals surface area contributed by atoms with Crippen LogP contribution in [0, 0.1) is 5.92 Å². The van der Waals surface area contributed by atoms with E-state index in [1.54, 1.807) is 24.2 Å². The lowest BCUT2D eigenvalue weighted by molar-refractivity contribution is -0.155. The quantitative estimate of drug-likeness (QED) is 0.0515. The molecule has 0 saturated heterocycles. The Labute approximate surface area is 274 Å². The molecule has 0 bridgehead atoms. The maximum Gasteiger partial charge on any atom is 0.326 e. The van der Waals surface area contributed by atoms with Crippen LogP contribution in [0.2, 0.25) is 32.2 Å². The van der Waals surface area contributed by atoms with E-state index in [1.165, 1.54) is 0 Å². The zero-order valence-electron chi connectivity index (χ0n) is 26.7. The van der Waals surface area contributed by atoms with Crippen LogP contribution in [0.1, 0.15) is 56.3 Å². The van der Waals surface area contributed by atoms with Gasteiger partial charge in [-0.25, -0.2) is 19.6 Å². The Morgan fingerprint density at radius 3 is 2.04 bits per heavy atom. The normalized spacial score (nSPS) is 12.4. The number of hydrogen-bond acceptors (Lipinski definition) is 10. The Bertz CT molecular complexity index is 1190. The first-order valence-electron chi connectivity index (χ1n) is 14.9. The highest BCUT2D eigenvalue weighted by molar-refractivity contribution is 8.00. The van der Waals surface area contributed by atoms with Crippen molar-refractivity contribution in [3.8, 4) is 0 Å². The van der Waals surface area contributed by atoms with Crippen LogP contribution in [0.25, 0.3) is 0 Å². The summed E-state index contributed by atoms with van der Waals surface area (Å²) in [5, 5.41) is 41.6. The number of thioether (sulfide) groups is 1. The molecule has 1 heterocycles. The van der Waals surface area contributed by atoms with Gasteiger partial charge in [0, 0.05) is 43.6 Å². The van der Waals surface area contributed by atoms with Crippen molar-refractivity contribution in [2.45, 2.75) is 95.4 Å². The minimum Gasteiger partial charge on any atom is -0.481 e. The van der Waals surface area contributed by atoms with E-state index in [1.807, 2.05) is 0 Å². The smallest absolute Gasteiger partial charge is 0.326 e. The second-order valence-corrected chi connectivity index (χ2v) is 22.3. The molecule has 46 heavy (non-hydrogen) atoms. The number of aliphatic carboxylic acids is 4. The number of nitrogens with zero attached hydrogens (tertiary/aromatic N) is 2. The van der Waals surface area contributed by atoms with Gasteiger partial charge < -0.3 is 35.2 Å². The van der Waals surface area contributed by atoms with Gasteiger partial charge in [-0.2, -0.15) is 11.8 Å². The molecule has 2 amide bonds. The predicted molar refractivity (Wildman–Crippen MR) is 174 cm³/mol. The molecule has 1 rings (SSSR count). The average Bonchev–Trinajstić information content (AvgIpc) is 2.93. The number of carboxylic acids is 4. The highest BCUT2D eigenvalue weighted by atomic mass is 32.2. The van der Waals surface area contributed by atoms with Crippen molar-refractivity contribution in [3.05, 3.63) is 23.8 Å². The second-order valence-electron chi connectivity index (χ2n) is 12.1. The van der Waals surface area contributed by atoms with Gasteiger partial charge in [0.25, 0.3) is 0 Å². The van der Waals surface area contributed by atoms with E-state index in [2.05, 4.69) is 46.8 Å². The topological polar surface area (TPSA) is 242 Å². The molecule has 0 unspecified atom stereocenters. The summed E-state index contributed by atoms with van der Waals surface area (Å²) in [5.74, 6) is -5.29. The van der Waals surface area contributed by atoms with Crippen molar-refractivity contribution in [2.75, 3.05) is 11.9 Å². The van der Waals surface area contributed by atoms with Gasteiger partial charge >= 0.3 is 29.9 Å². The minimum atomic E-state index is -2.13. The highest BCUT2D eigenvalue weighted by Gasteiger charge is 2.34. The highest BCUT2D eigenvalue weighted by Crippen LogP contribution is 2.25. The number of aromatic nitrogens is 2. The van der Waals surface area contributed by atoms with Gasteiger partial charge in [0.1, 0.15) is 17.6 Å². The van der Waals surface area contributed by atoms with Crippen LogP contribution in [0.15, 0.2) is 12.4 Å². The number of carbonyl (C=O) groups is 6. The number of Topliss-reactive ketones (excluding diaryl/α,β-unsaturated/α-hetero) is 1. The summed E-state index contributed by atoms with van der Waals surface area (Å²) in [6.07, 6.45) is 4.36. The lowest BCUT2D eigenvalue weighted by Gasteiger charge is -2.34. The summed E-state index contributed by atoms with van der Waals surface area (Å²) in [7, 11) is -4.21. The first-order chi connectivity index (χ1) is 21.4. The summed E-state index contributed by atoms with van der Waals surface area (Å²) >= 11 is 1.66. The molecule has 0 aromatic carbocycles. The van der Waals surface area contributed by atoms with Gasteiger partial charge in [-0.15, -0.1) is 0 Å². The molecule has 1 aromatic rings. The Kier molecular flexibility index (Phi) is 17.7.